The van der Waals surface area contributed by atoms with Crippen molar-refractivity contribution in [2.45, 2.75) is 76.0 Å². The van der Waals surface area contributed by atoms with Crippen LogP contribution in [0.3, 0.4) is 0 Å². The fourth-order valence-electron chi connectivity index (χ4n) is 4.68. The van der Waals surface area contributed by atoms with Gasteiger partial charge in [0.1, 0.15) is 5.60 Å². The summed E-state index contributed by atoms with van der Waals surface area (Å²) >= 11 is 0. The van der Waals surface area contributed by atoms with E-state index in [9.17, 15) is 14.4 Å². The number of alkyl carbamates (subject to hydrolysis) is 1. The van der Waals surface area contributed by atoms with Gasteiger partial charge in [-0.05, 0) is 64.5 Å². The Balaban J connectivity index is 1.65. The maximum atomic E-state index is 13.6. The average molecular weight is 442 g/mol. The van der Waals surface area contributed by atoms with Crippen molar-refractivity contribution in [1.82, 2.24) is 15.5 Å². The number of amides is 3. The fourth-order valence-corrected chi connectivity index (χ4v) is 4.68. The molecule has 2 fully saturated rings. The summed E-state index contributed by atoms with van der Waals surface area (Å²) in [4.78, 5) is 39.5. The molecule has 7 nitrogen and oxygen atoms in total. The first kappa shape index (κ1) is 23.8. The quantitative estimate of drug-likeness (QED) is 0.687. The smallest absolute Gasteiger partial charge is 0.407 e. The molecule has 2 atom stereocenters. The molecule has 0 unspecified atom stereocenters. The normalized spacial score (nSPS) is 22.7. The number of carbonyl (C=O) groups is 3. The predicted octanol–water partition coefficient (Wildman–Crippen LogP) is 3.29. The Kier molecular flexibility index (Phi) is 7.26. The summed E-state index contributed by atoms with van der Waals surface area (Å²) < 4.78 is 5.35. The molecule has 3 rings (SSSR count). The van der Waals surface area contributed by atoms with Gasteiger partial charge in [0.25, 0.3) is 0 Å². The molecule has 1 saturated carbocycles. The van der Waals surface area contributed by atoms with E-state index < -0.39 is 17.1 Å². The molecule has 3 amide bonds. The summed E-state index contributed by atoms with van der Waals surface area (Å²) in [6, 6.07) is 9.79. The summed E-state index contributed by atoms with van der Waals surface area (Å²) in [6.45, 7) is 10.1. The van der Waals surface area contributed by atoms with Crippen molar-refractivity contribution in [3.05, 3.63) is 48.6 Å². The number of nitrogens with zero attached hydrogens (tertiary/aromatic N) is 1. The molecular formula is C25H35N3O4. The highest BCUT2D eigenvalue weighted by molar-refractivity contribution is 5.90. The number of likely N-dealkylation sites (tertiary alicyclic amines) is 1. The number of ether oxygens (including phenoxy) is 1. The van der Waals surface area contributed by atoms with Crippen LogP contribution in [0.4, 0.5) is 4.79 Å². The highest BCUT2D eigenvalue weighted by Gasteiger charge is 2.44. The molecule has 1 aliphatic heterocycles. The first-order chi connectivity index (χ1) is 15.1. The largest absolute Gasteiger partial charge is 0.444 e. The first-order valence-electron chi connectivity index (χ1n) is 11.4. The van der Waals surface area contributed by atoms with E-state index in [0.717, 1.165) is 18.4 Å². The van der Waals surface area contributed by atoms with Crippen molar-refractivity contribution in [3.8, 4) is 0 Å². The van der Waals surface area contributed by atoms with E-state index in [1.165, 1.54) is 6.08 Å². The van der Waals surface area contributed by atoms with Crippen molar-refractivity contribution >= 4 is 17.9 Å². The van der Waals surface area contributed by atoms with Crippen molar-refractivity contribution in [2.75, 3.05) is 13.1 Å². The highest BCUT2D eigenvalue weighted by atomic mass is 16.6. The molecule has 0 radical (unpaired) electrons. The van der Waals surface area contributed by atoms with Crippen LogP contribution in [0.15, 0.2) is 43.0 Å². The van der Waals surface area contributed by atoms with Crippen molar-refractivity contribution in [1.29, 1.82) is 0 Å². The SMILES string of the molecule is C=CC(=O)N1CCC(C(=O)N[C@H]2CC[C@@H](NC(=O)OC(C)(C)C)C2)(c2ccccc2)CC1. The van der Waals surface area contributed by atoms with Crippen molar-refractivity contribution in [3.63, 3.8) is 0 Å². The van der Waals surface area contributed by atoms with Crippen LogP contribution in [0.25, 0.3) is 0 Å². The Morgan fingerprint density at radius 2 is 1.66 bits per heavy atom. The topological polar surface area (TPSA) is 87.7 Å². The van der Waals surface area contributed by atoms with Crippen molar-refractivity contribution in [2.24, 2.45) is 0 Å². The van der Waals surface area contributed by atoms with Gasteiger partial charge in [-0.1, -0.05) is 36.9 Å². The van der Waals surface area contributed by atoms with Gasteiger partial charge in [0, 0.05) is 25.2 Å². The minimum absolute atomic E-state index is 0.00248. The zero-order valence-electron chi connectivity index (χ0n) is 19.4. The minimum atomic E-state index is -0.671. The molecule has 1 heterocycles. The molecule has 2 aliphatic rings. The van der Waals surface area contributed by atoms with E-state index in [4.69, 9.17) is 4.74 Å². The molecule has 1 saturated heterocycles. The van der Waals surface area contributed by atoms with Crippen molar-refractivity contribution < 1.29 is 19.1 Å². The second kappa shape index (κ2) is 9.76. The van der Waals surface area contributed by atoms with Gasteiger partial charge < -0.3 is 20.3 Å². The summed E-state index contributed by atoms with van der Waals surface area (Å²) in [7, 11) is 0. The van der Waals surface area contributed by atoms with Crippen LogP contribution in [-0.4, -0.2) is 53.6 Å². The lowest BCUT2D eigenvalue weighted by molar-refractivity contribution is -0.134. The van der Waals surface area contributed by atoms with E-state index >= 15 is 0 Å². The maximum absolute atomic E-state index is 13.6. The number of piperidine rings is 1. The standard InChI is InChI=1S/C25H35N3O4/c1-5-21(29)28-15-13-25(14-16-28,18-9-7-6-8-10-18)22(30)26-19-11-12-20(17-19)27-23(31)32-24(2,3)4/h5-10,19-20H,1,11-17H2,2-4H3,(H,26,30)(H,27,31)/t19-,20+/m0/s1. The van der Waals surface area contributed by atoms with Crippen LogP contribution in [-0.2, 0) is 19.7 Å². The molecular weight excluding hydrogens is 406 g/mol. The predicted molar refractivity (Wildman–Crippen MR) is 123 cm³/mol. The van der Waals surface area contributed by atoms with E-state index in [2.05, 4.69) is 17.2 Å². The summed E-state index contributed by atoms with van der Waals surface area (Å²) in [5.74, 6) is -0.101. The van der Waals surface area contributed by atoms with Crippen LogP contribution in [0.2, 0.25) is 0 Å². The number of carbonyl (C=O) groups excluding carboxylic acids is 3. The molecule has 1 aromatic carbocycles. The number of rotatable bonds is 5. The molecule has 174 valence electrons. The Morgan fingerprint density at radius 3 is 2.22 bits per heavy atom. The van der Waals surface area contributed by atoms with Crippen LogP contribution >= 0.6 is 0 Å². The molecule has 1 aromatic rings. The van der Waals surface area contributed by atoms with E-state index in [1.54, 1.807) is 4.90 Å². The molecule has 32 heavy (non-hydrogen) atoms. The second-order valence-electron chi connectivity index (χ2n) is 9.80. The number of hydrogen-bond acceptors (Lipinski definition) is 4. The van der Waals surface area contributed by atoms with Crippen LogP contribution < -0.4 is 10.6 Å². The van der Waals surface area contributed by atoms with Crippen LogP contribution in [0.5, 0.6) is 0 Å². The molecule has 0 aromatic heterocycles. The van der Waals surface area contributed by atoms with Gasteiger partial charge in [0.05, 0.1) is 5.41 Å². The molecule has 0 bridgehead atoms. The Morgan fingerprint density at radius 1 is 1.06 bits per heavy atom. The monoisotopic (exact) mass is 441 g/mol. The Hall–Kier alpha value is -2.83. The van der Waals surface area contributed by atoms with E-state index in [0.29, 0.717) is 32.4 Å². The maximum Gasteiger partial charge on any atom is 0.407 e. The van der Waals surface area contributed by atoms with Gasteiger partial charge in [0.2, 0.25) is 11.8 Å². The minimum Gasteiger partial charge on any atom is -0.444 e. The van der Waals surface area contributed by atoms with Gasteiger partial charge in [-0.3, -0.25) is 9.59 Å². The van der Waals surface area contributed by atoms with Gasteiger partial charge in [0.15, 0.2) is 0 Å². The third kappa shape index (κ3) is 5.69. The Labute approximate surface area is 190 Å². The third-order valence-electron chi connectivity index (χ3n) is 6.35. The summed E-state index contributed by atoms with van der Waals surface area (Å²) in [5.41, 5.74) is -0.236. The van der Waals surface area contributed by atoms with Crippen LogP contribution in [0, 0.1) is 0 Å². The lowest BCUT2D eigenvalue weighted by Gasteiger charge is -2.41. The molecule has 1 aliphatic carbocycles. The molecule has 7 heteroatoms. The average Bonchev–Trinajstić information content (AvgIpc) is 3.18. The Bertz CT molecular complexity index is 838. The zero-order chi connectivity index (χ0) is 23.4. The van der Waals surface area contributed by atoms with Gasteiger partial charge in [-0.25, -0.2) is 4.79 Å². The number of hydrogen-bond donors (Lipinski definition) is 2. The summed E-state index contributed by atoms with van der Waals surface area (Å²) in [5, 5.41) is 6.16. The third-order valence-corrected chi connectivity index (χ3v) is 6.35. The number of benzene rings is 1. The highest BCUT2D eigenvalue weighted by Crippen LogP contribution is 2.36. The molecule has 0 spiro atoms. The van der Waals surface area contributed by atoms with Gasteiger partial charge in [-0.15, -0.1) is 0 Å². The van der Waals surface area contributed by atoms with Crippen LogP contribution in [0.1, 0.15) is 58.4 Å². The number of nitrogens with one attached hydrogen (secondary N) is 2. The van der Waals surface area contributed by atoms with E-state index in [-0.39, 0.29) is 23.9 Å². The molecule has 2 N–H and O–H groups in total. The second-order valence-corrected chi connectivity index (χ2v) is 9.80. The zero-order valence-corrected chi connectivity index (χ0v) is 19.4. The first-order valence-corrected chi connectivity index (χ1v) is 11.4. The van der Waals surface area contributed by atoms with E-state index in [1.807, 2.05) is 51.1 Å². The van der Waals surface area contributed by atoms with Gasteiger partial charge in [-0.2, -0.15) is 0 Å². The lowest BCUT2D eigenvalue weighted by atomic mass is 9.71. The fraction of sp³-hybridized carbons (Fsp3) is 0.560. The van der Waals surface area contributed by atoms with Gasteiger partial charge >= 0.3 is 6.09 Å². The lowest BCUT2D eigenvalue weighted by Crippen LogP contribution is -2.54. The summed E-state index contributed by atoms with van der Waals surface area (Å²) in [6.07, 6.45) is 4.31.